The molecule has 0 fully saturated rings. The minimum atomic E-state index is -0.139. The van der Waals surface area contributed by atoms with Crippen LogP contribution in [0.3, 0.4) is 0 Å². The second-order valence-corrected chi connectivity index (χ2v) is 4.57. The van der Waals surface area contributed by atoms with Crippen LogP contribution in [0.5, 0.6) is 5.75 Å². The lowest BCUT2D eigenvalue weighted by molar-refractivity contribution is 0.103. The van der Waals surface area contributed by atoms with Gasteiger partial charge in [-0.15, -0.1) is 0 Å². The SMILES string of the molecule is Cc1cccnc1C(=O)c1cncc(OC(C)C)c1. The number of pyridine rings is 2. The number of aryl methyl sites for hydroxylation is 1. The molecule has 98 valence electrons. The highest BCUT2D eigenvalue weighted by atomic mass is 16.5. The van der Waals surface area contributed by atoms with Gasteiger partial charge in [0.05, 0.1) is 12.3 Å². The summed E-state index contributed by atoms with van der Waals surface area (Å²) in [4.78, 5) is 20.5. The van der Waals surface area contributed by atoms with Crippen molar-refractivity contribution in [3.05, 3.63) is 53.6 Å². The number of hydrogen-bond acceptors (Lipinski definition) is 4. The average molecular weight is 256 g/mol. The molecule has 0 aromatic carbocycles. The normalized spacial score (nSPS) is 10.5. The smallest absolute Gasteiger partial charge is 0.213 e. The molecule has 2 heterocycles. The third-order valence-electron chi connectivity index (χ3n) is 2.57. The number of carbonyl (C=O) groups is 1. The van der Waals surface area contributed by atoms with E-state index in [-0.39, 0.29) is 11.9 Å². The van der Waals surface area contributed by atoms with Gasteiger partial charge in [0, 0.05) is 18.0 Å². The van der Waals surface area contributed by atoms with Gasteiger partial charge in [-0.2, -0.15) is 0 Å². The van der Waals surface area contributed by atoms with E-state index in [9.17, 15) is 4.79 Å². The Labute approximate surface area is 112 Å². The summed E-state index contributed by atoms with van der Waals surface area (Å²) in [6.07, 6.45) is 4.79. The van der Waals surface area contributed by atoms with Gasteiger partial charge < -0.3 is 4.74 Å². The molecule has 0 spiro atoms. The van der Waals surface area contributed by atoms with E-state index < -0.39 is 0 Å². The van der Waals surface area contributed by atoms with E-state index in [1.807, 2.05) is 32.9 Å². The fourth-order valence-corrected chi connectivity index (χ4v) is 1.74. The highest BCUT2D eigenvalue weighted by Gasteiger charge is 2.14. The number of hydrogen-bond donors (Lipinski definition) is 0. The third-order valence-corrected chi connectivity index (χ3v) is 2.57. The Kier molecular flexibility index (Phi) is 3.90. The van der Waals surface area contributed by atoms with Crippen LogP contribution in [-0.4, -0.2) is 21.9 Å². The predicted molar refractivity (Wildman–Crippen MR) is 72.4 cm³/mol. The van der Waals surface area contributed by atoms with Crippen LogP contribution in [0.25, 0.3) is 0 Å². The van der Waals surface area contributed by atoms with Gasteiger partial charge in [-0.1, -0.05) is 6.07 Å². The van der Waals surface area contributed by atoms with Crippen molar-refractivity contribution in [2.75, 3.05) is 0 Å². The molecule has 2 aromatic rings. The van der Waals surface area contributed by atoms with E-state index in [0.29, 0.717) is 17.0 Å². The number of ketones is 1. The van der Waals surface area contributed by atoms with E-state index in [1.54, 1.807) is 18.5 Å². The van der Waals surface area contributed by atoms with Gasteiger partial charge in [-0.05, 0) is 38.5 Å². The van der Waals surface area contributed by atoms with E-state index in [2.05, 4.69) is 9.97 Å². The molecule has 0 aliphatic carbocycles. The summed E-state index contributed by atoms with van der Waals surface area (Å²) in [5.74, 6) is 0.453. The molecular weight excluding hydrogens is 240 g/mol. The minimum Gasteiger partial charge on any atom is -0.489 e. The molecule has 0 radical (unpaired) electrons. The van der Waals surface area contributed by atoms with E-state index in [1.165, 1.54) is 6.20 Å². The van der Waals surface area contributed by atoms with Crippen LogP contribution < -0.4 is 4.74 Å². The minimum absolute atomic E-state index is 0.0451. The number of carbonyl (C=O) groups excluding carboxylic acids is 1. The van der Waals surface area contributed by atoms with Crippen molar-refractivity contribution in [1.29, 1.82) is 0 Å². The predicted octanol–water partition coefficient (Wildman–Crippen LogP) is 2.80. The second-order valence-electron chi connectivity index (χ2n) is 4.57. The molecule has 0 aliphatic rings. The molecule has 0 atom stereocenters. The molecular formula is C15H16N2O2. The fraction of sp³-hybridized carbons (Fsp3) is 0.267. The quantitative estimate of drug-likeness (QED) is 0.789. The van der Waals surface area contributed by atoms with Crippen molar-refractivity contribution in [1.82, 2.24) is 9.97 Å². The van der Waals surface area contributed by atoms with Crippen molar-refractivity contribution in [3.8, 4) is 5.75 Å². The van der Waals surface area contributed by atoms with Crippen LogP contribution in [0.4, 0.5) is 0 Å². The average Bonchev–Trinajstić information content (AvgIpc) is 2.38. The van der Waals surface area contributed by atoms with Gasteiger partial charge in [0.25, 0.3) is 0 Å². The molecule has 0 N–H and O–H groups in total. The van der Waals surface area contributed by atoms with Crippen LogP contribution >= 0.6 is 0 Å². The van der Waals surface area contributed by atoms with Crippen molar-refractivity contribution in [2.24, 2.45) is 0 Å². The summed E-state index contributed by atoms with van der Waals surface area (Å²) >= 11 is 0. The molecule has 0 saturated carbocycles. The van der Waals surface area contributed by atoms with Crippen LogP contribution in [0.15, 0.2) is 36.8 Å². The maximum absolute atomic E-state index is 12.3. The Balaban J connectivity index is 2.32. The van der Waals surface area contributed by atoms with Crippen LogP contribution in [0.1, 0.15) is 35.5 Å². The Morgan fingerprint density at radius 1 is 1.32 bits per heavy atom. The summed E-state index contributed by atoms with van der Waals surface area (Å²) in [7, 11) is 0. The first-order valence-electron chi connectivity index (χ1n) is 6.16. The van der Waals surface area contributed by atoms with Crippen molar-refractivity contribution < 1.29 is 9.53 Å². The summed E-state index contributed by atoms with van der Waals surface area (Å²) in [5.41, 5.74) is 1.79. The third kappa shape index (κ3) is 3.16. The summed E-state index contributed by atoms with van der Waals surface area (Å²) in [5, 5.41) is 0. The highest BCUT2D eigenvalue weighted by molar-refractivity contribution is 6.08. The summed E-state index contributed by atoms with van der Waals surface area (Å²) in [6, 6.07) is 5.37. The number of ether oxygens (including phenoxy) is 1. The van der Waals surface area contributed by atoms with Crippen molar-refractivity contribution in [2.45, 2.75) is 26.9 Å². The van der Waals surface area contributed by atoms with Crippen molar-refractivity contribution >= 4 is 5.78 Å². The topological polar surface area (TPSA) is 52.1 Å². The number of aromatic nitrogens is 2. The zero-order valence-electron chi connectivity index (χ0n) is 11.3. The van der Waals surface area contributed by atoms with Gasteiger partial charge in [-0.3, -0.25) is 14.8 Å². The zero-order chi connectivity index (χ0) is 13.8. The molecule has 19 heavy (non-hydrogen) atoms. The van der Waals surface area contributed by atoms with Gasteiger partial charge in [-0.25, -0.2) is 0 Å². The number of rotatable bonds is 4. The lowest BCUT2D eigenvalue weighted by Crippen LogP contribution is -2.09. The van der Waals surface area contributed by atoms with E-state index in [0.717, 1.165) is 5.56 Å². The lowest BCUT2D eigenvalue weighted by Gasteiger charge is -2.10. The Hall–Kier alpha value is -2.23. The van der Waals surface area contributed by atoms with Gasteiger partial charge >= 0.3 is 0 Å². The molecule has 0 amide bonds. The molecule has 0 bridgehead atoms. The fourth-order valence-electron chi connectivity index (χ4n) is 1.74. The standard InChI is InChI=1S/C15H16N2O2/c1-10(2)19-13-7-12(8-16-9-13)15(18)14-11(3)5-4-6-17-14/h4-10H,1-3H3. The molecule has 0 unspecified atom stereocenters. The first kappa shape index (κ1) is 13.2. The van der Waals surface area contributed by atoms with Crippen molar-refractivity contribution in [3.63, 3.8) is 0 Å². The largest absolute Gasteiger partial charge is 0.489 e. The molecule has 0 aliphatic heterocycles. The van der Waals surface area contributed by atoms with Crippen LogP contribution in [0.2, 0.25) is 0 Å². The van der Waals surface area contributed by atoms with E-state index in [4.69, 9.17) is 4.74 Å². The van der Waals surface area contributed by atoms with Crippen LogP contribution in [0, 0.1) is 6.92 Å². The number of nitrogens with zero attached hydrogens (tertiary/aromatic N) is 2. The maximum atomic E-state index is 12.3. The monoisotopic (exact) mass is 256 g/mol. The second kappa shape index (κ2) is 5.61. The Morgan fingerprint density at radius 3 is 2.79 bits per heavy atom. The lowest BCUT2D eigenvalue weighted by atomic mass is 10.1. The van der Waals surface area contributed by atoms with Gasteiger partial charge in [0.2, 0.25) is 5.78 Å². The first-order valence-corrected chi connectivity index (χ1v) is 6.16. The van der Waals surface area contributed by atoms with Crippen LogP contribution in [-0.2, 0) is 0 Å². The molecule has 4 heteroatoms. The van der Waals surface area contributed by atoms with Gasteiger partial charge in [0.15, 0.2) is 0 Å². The molecule has 2 aromatic heterocycles. The zero-order valence-corrected chi connectivity index (χ0v) is 11.3. The summed E-state index contributed by atoms with van der Waals surface area (Å²) < 4.78 is 5.54. The molecule has 4 nitrogen and oxygen atoms in total. The van der Waals surface area contributed by atoms with E-state index >= 15 is 0 Å². The maximum Gasteiger partial charge on any atom is 0.213 e. The first-order chi connectivity index (χ1) is 9.08. The Bertz CT molecular complexity index is 594. The molecule has 2 rings (SSSR count). The Morgan fingerprint density at radius 2 is 2.11 bits per heavy atom. The highest BCUT2D eigenvalue weighted by Crippen LogP contribution is 2.16. The van der Waals surface area contributed by atoms with Gasteiger partial charge in [0.1, 0.15) is 11.4 Å². The summed E-state index contributed by atoms with van der Waals surface area (Å²) in [6.45, 7) is 5.72. The molecule has 0 saturated heterocycles.